The fraction of sp³-hybridized carbons (Fsp3) is 0.600. The molecule has 0 atom stereocenters. The Kier molecular flexibility index (Phi) is 4.34. The van der Waals surface area contributed by atoms with Crippen molar-refractivity contribution in [1.29, 1.82) is 0 Å². The van der Waals surface area contributed by atoms with Gasteiger partial charge >= 0.3 is 0 Å². The van der Waals surface area contributed by atoms with E-state index < -0.39 is 0 Å². The van der Waals surface area contributed by atoms with Crippen LogP contribution in [0.1, 0.15) is 11.1 Å². The van der Waals surface area contributed by atoms with Gasteiger partial charge in [0.1, 0.15) is 13.2 Å². The maximum Gasteiger partial charge on any atom is 0.164 e. The van der Waals surface area contributed by atoms with Crippen LogP contribution in [0.25, 0.3) is 0 Å². The average molecular weight is 297 g/mol. The highest BCUT2D eigenvalue weighted by Gasteiger charge is 2.21. The van der Waals surface area contributed by atoms with Crippen molar-refractivity contribution in [3.05, 3.63) is 22.2 Å². The molecule has 0 saturated carbocycles. The van der Waals surface area contributed by atoms with E-state index in [1.54, 1.807) is 0 Å². The summed E-state index contributed by atoms with van der Waals surface area (Å²) in [6, 6.07) is 1.87. The van der Waals surface area contributed by atoms with Gasteiger partial charge in [-0.1, -0.05) is 11.6 Å². The minimum atomic E-state index is 0.601. The number of nitrogens with one attached hydrogen (secondary N) is 1. The lowest BCUT2D eigenvalue weighted by molar-refractivity contribution is 0.169. The van der Waals surface area contributed by atoms with Gasteiger partial charge in [-0.2, -0.15) is 0 Å². The predicted octanol–water partition coefficient (Wildman–Crippen LogP) is 1.87. The molecule has 110 valence electrons. The number of nitrogens with zero attached hydrogens (tertiary/aromatic N) is 1. The molecule has 0 bridgehead atoms. The molecule has 20 heavy (non-hydrogen) atoms. The van der Waals surface area contributed by atoms with Crippen LogP contribution >= 0.6 is 11.6 Å². The van der Waals surface area contributed by atoms with Crippen molar-refractivity contribution in [3.8, 4) is 11.5 Å². The van der Waals surface area contributed by atoms with Crippen LogP contribution < -0.4 is 14.8 Å². The zero-order chi connectivity index (χ0) is 13.9. The number of benzene rings is 1. The largest absolute Gasteiger partial charge is 0.486 e. The van der Waals surface area contributed by atoms with Crippen LogP contribution in [-0.2, 0) is 6.42 Å². The number of rotatable bonds is 3. The lowest BCUT2D eigenvalue weighted by Crippen LogP contribution is -2.44. The molecular formula is C15H21ClN2O2. The Balaban J connectivity index is 1.78. The Hall–Kier alpha value is -0.970. The van der Waals surface area contributed by atoms with Gasteiger partial charge in [0, 0.05) is 49.4 Å². The van der Waals surface area contributed by atoms with Gasteiger partial charge < -0.3 is 19.7 Å². The zero-order valence-corrected chi connectivity index (χ0v) is 12.6. The van der Waals surface area contributed by atoms with Crippen LogP contribution in [0.4, 0.5) is 0 Å². The van der Waals surface area contributed by atoms with Crippen molar-refractivity contribution in [2.24, 2.45) is 0 Å². The Bertz CT molecular complexity index is 487. The molecule has 0 radical (unpaired) electrons. The second-order valence-corrected chi connectivity index (χ2v) is 5.73. The Labute approximate surface area is 125 Å². The third kappa shape index (κ3) is 2.87. The molecule has 1 aromatic carbocycles. The molecule has 0 amide bonds. The first kappa shape index (κ1) is 14.0. The third-order valence-corrected chi connectivity index (χ3v) is 4.43. The quantitative estimate of drug-likeness (QED) is 0.923. The zero-order valence-electron chi connectivity index (χ0n) is 11.9. The van der Waals surface area contributed by atoms with E-state index in [9.17, 15) is 0 Å². The monoisotopic (exact) mass is 296 g/mol. The molecule has 1 N–H and O–H groups in total. The lowest BCUT2D eigenvalue weighted by atomic mass is 10.0. The van der Waals surface area contributed by atoms with E-state index in [0.29, 0.717) is 13.2 Å². The van der Waals surface area contributed by atoms with Gasteiger partial charge in [-0.25, -0.2) is 0 Å². The highest BCUT2D eigenvalue weighted by molar-refractivity contribution is 6.31. The standard InChI is InChI=1S/C15H21ClN2O2/c1-11-12(2-5-18-6-3-17-4-7-18)15-14(10-13(11)16)19-8-9-20-15/h10,17H,2-9H2,1H3. The van der Waals surface area contributed by atoms with Crippen LogP contribution in [-0.4, -0.2) is 50.8 Å². The van der Waals surface area contributed by atoms with Crippen molar-refractivity contribution < 1.29 is 9.47 Å². The van der Waals surface area contributed by atoms with Crippen molar-refractivity contribution in [2.75, 3.05) is 45.9 Å². The predicted molar refractivity (Wildman–Crippen MR) is 80.2 cm³/mol. The van der Waals surface area contributed by atoms with Gasteiger partial charge in [0.25, 0.3) is 0 Å². The molecule has 0 spiro atoms. The van der Waals surface area contributed by atoms with Gasteiger partial charge in [0.2, 0.25) is 0 Å². The second-order valence-electron chi connectivity index (χ2n) is 5.33. The van der Waals surface area contributed by atoms with Crippen LogP contribution in [0.2, 0.25) is 5.02 Å². The summed E-state index contributed by atoms with van der Waals surface area (Å²) in [5.74, 6) is 1.69. The number of ether oxygens (including phenoxy) is 2. The second kappa shape index (κ2) is 6.20. The maximum absolute atomic E-state index is 6.31. The molecule has 1 saturated heterocycles. The summed E-state index contributed by atoms with van der Waals surface area (Å²) < 4.78 is 11.5. The molecule has 2 aliphatic heterocycles. The normalized spacial score (nSPS) is 19.1. The van der Waals surface area contributed by atoms with Crippen molar-refractivity contribution in [2.45, 2.75) is 13.3 Å². The molecule has 2 aliphatic rings. The molecule has 2 heterocycles. The molecule has 0 aromatic heterocycles. The lowest BCUT2D eigenvalue weighted by Gasteiger charge is -2.28. The van der Waals surface area contributed by atoms with Crippen LogP contribution in [0.15, 0.2) is 6.07 Å². The SMILES string of the molecule is Cc1c(Cl)cc2c(c1CCN1CCNCC1)OCCO2. The first-order valence-corrected chi connectivity index (χ1v) is 7.64. The first-order chi connectivity index (χ1) is 9.75. The number of piperazine rings is 1. The van der Waals surface area contributed by atoms with Crippen LogP contribution in [0.5, 0.6) is 11.5 Å². The van der Waals surface area contributed by atoms with E-state index in [1.165, 1.54) is 5.56 Å². The number of hydrogen-bond acceptors (Lipinski definition) is 4. The molecule has 1 aromatic rings. The Morgan fingerprint density at radius 1 is 1.25 bits per heavy atom. The minimum absolute atomic E-state index is 0.601. The van der Waals surface area contributed by atoms with E-state index in [4.69, 9.17) is 21.1 Å². The fourth-order valence-corrected chi connectivity index (χ4v) is 3.03. The summed E-state index contributed by atoms with van der Waals surface area (Å²) in [7, 11) is 0. The van der Waals surface area contributed by atoms with Crippen molar-refractivity contribution in [3.63, 3.8) is 0 Å². The molecule has 5 heteroatoms. The summed E-state index contributed by atoms with van der Waals surface area (Å²) in [4.78, 5) is 2.48. The topological polar surface area (TPSA) is 33.7 Å². The number of fused-ring (bicyclic) bond motifs is 1. The molecule has 0 aliphatic carbocycles. The summed E-state index contributed by atoms with van der Waals surface area (Å²) in [5.41, 5.74) is 2.32. The van der Waals surface area contributed by atoms with Gasteiger partial charge in [0.15, 0.2) is 11.5 Å². The van der Waals surface area contributed by atoms with Gasteiger partial charge in [-0.05, 0) is 18.9 Å². The van der Waals surface area contributed by atoms with Crippen LogP contribution in [0, 0.1) is 6.92 Å². The third-order valence-electron chi connectivity index (χ3n) is 4.04. The van der Waals surface area contributed by atoms with Gasteiger partial charge in [0.05, 0.1) is 0 Å². The highest BCUT2D eigenvalue weighted by atomic mass is 35.5. The van der Waals surface area contributed by atoms with E-state index >= 15 is 0 Å². The van der Waals surface area contributed by atoms with E-state index in [-0.39, 0.29) is 0 Å². The molecule has 1 fully saturated rings. The maximum atomic E-state index is 6.31. The van der Waals surface area contributed by atoms with Crippen molar-refractivity contribution >= 4 is 11.6 Å². The van der Waals surface area contributed by atoms with E-state index in [2.05, 4.69) is 17.1 Å². The molecule has 4 nitrogen and oxygen atoms in total. The fourth-order valence-electron chi connectivity index (χ4n) is 2.82. The first-order valence-electron chi connectivity index (χ1n) is 7.26. The minimum Gasteiger partial charge on any atom is -0.486 e. The number of halogens is 1. The Morgan fingerprint density at radius 2 is 2.00 bits per heavy atom. The van der Waals surface area contributed by atoms with E-state index in [0.717, 1.165) is 61.2 Å². The van der Waals surface area contributed by atoms with Crippen LogP contribution in [0.3, 0.4) is 0 Å². The van der Waals surface area contributed by atoms with Gasteiger partial charge in [-0.3, -0.25) is 0 Å². The summed E-state index contributed by atoms with van der Waals surface area (Å²) in [6.07, 6.45) is 0.956. The highest BCUT2D eigenvalue weighted by Crippen LogP contribution is 2.40. The Morgan fingerprint density at radius 3 is 2.80 bits per heavy atom. The van der Waals surface area contributed by atoms with E-state index in [1.807, 2.05) is 6.07 Å². The van der Waals surface area contributed by atoms with Gasteiger partial charge in [-0.15, -0.1) is 0 Å². The summed E-state index contributed by atoms with van der Waals surface area (Å²) in [6.45, 7) is 8.70. The average Bonchev–Trinajstić information content (AvgIpc) is 2.49. The molecule has 0 unspecified atom stereocenters. The van der Waals surface area contributed by atoms with Crippen molar-refractivity contribution in [1.82, 2.24) is 10.2 Å². The summed E-state index contributed by atoms with van der Waals surface area (Å²) >= 11 is 6.31. The molecular weight excluding hydrogens is 276 g/mol. The smallest absolute Gasteiger partial charge is 0.164 e. The molecule has 3 rings (SSSR count). The summed E-state index contributed by atoms with van der Waals surface area (Å²) in [5, 5.41) is 4.14. The number of hydrogen-bond donors (Lipinski definition) is 1.